The van der Waals surface area contributed by atoms with Crippen molar-refractivity contribution < 1.29 is 23.8 Å². The Labute approximate surface area is 232 Å². The van der Waals surface area contributed by atoms with Crippen molar-refractivity contribution in [2.75, 3.05) is 27.3 Å². The molecule has 2 amide bonds. The fraction of sp³-hybridized carbons (Fsp3) is 0.600. The highest BCUT2D eigenvalue weighted by atomic mass is 16.6. The van der Waals surface area contributed by atoms with E-state index in [4.69, 9.17) is 19.2 Å². The first kappa shape index (κ1) is 30.3. The molecule has 3 rings (SSSR count). The summed E-state index contributed by atoms with van der Waals surface area (Å²) in [6.07, 6.45) is 7.50. The summed E-state index contributed by atoms with van der Waals surface area (Å²) in [5, 5.41) is 3.05. The zero-order chi connectivity index (χ0) is 28.4. The standard InChI is InChI=1S/C30H44N4O5/c1-21(37-5)20-34(26(18-28(35)39-30(2,3)4)23-14-16-27(38-6)32-19-23)29(36)31-17-9-11-24-15-13-22-10-7-8-12-25(22)33-24/h13-16,19,21,26H,7-12,17-18,20H2,1-6H3,(H,31,36). The molecule has 1 aliphatic rings. The maximum Gasteiger partial charge on any atom is 0.318 e. The highest BCUT2D eigenvalue weighted by Crippen LogP contribution is 2.28. The number of rotatable bonds is 12. The number of aryl methyl sites for hydroxylation is 3. The third-order valence-corrected chi connectivity index (χ3v) is 6.75. The Hall–Kier alpha value is -3.20. The van der Waals surface area contributed by atoms with Crippen LogP contribution in [-0.2, 0) is 33.5 Å². The third kappa shape index (κ3) is 9.49. The molecule has 0 radical (unpaired) electrons. The van der Waals surface area contributed by atoms with Crippen molar-refractivity contribution in [3.63, 3.8) is 0 Å². The van der Waals surface area contributed by atoms with Crippen LogP contribution in [0.5, 0.6) is 5.88 Å². The number of ether oxygens (including phenoxy) is 3. The molecule has 2 aromatic rings. The lowest BCUT2D eigenvalue weighted by Crippen LogP contribution is -2.46. The molecule has 2 atom stereocenters. The summed E-state index contributed by atoms with van der Waals surface area (Å²) < 4.78 is 16.3. The number of nitrogens with zero attached hydrogens (tertiary/aromatic N) is 3. The van der Waals surface area contributed by atoms with E-state index in [9.17, 15) is 9.59 Å². The smallest absolute Gasteiger partial charge is 0.318 e. The maximum atomic E-state index is 13.5. The second kappa shape index (κ2) is 14.3. The molecule has 2 aromatic heterocycles. The van der Waals surface area contributed by atoms with Crippen molar-refractivity contribution in [1.29, 1.82) is 0 Å². The van der Waals surface area contributed by atoms with Crippen LogP contribution in [0.2, 0.25) is 0 Å². The van der Waals surface area contributed by atoms with Gasteiger partial charge in [-0.1, -0.05) is 12.1 Å². The van der Waals surface area contributed by atoms with E-state index in [2.05, 4.69) is 22.4 Å². The molecule has 0 saturated heterocycles. The number of methoxy groups -OCH3 is 2. The molecule has 9 heteroatoms. The molecule has 0 spiro atoms. The van der Waals surface area contributed by atoms with Gasteiger partial charge in [0.2, 0.25) is 5.88 Å². The SMILES string of the molecule is COc1ccc(C(CC(=O)OC(C)(C)C)N(CC(C)OC)C(=O)NCCCc2ccc3c(n2)CCCC3)cn1. The van der Waals surface area contributed by atoms with Gasteiger partial charge in [-0.2, -0.15) is 0 Å². The lowest BCUT2D eigenvalue weighted by molar-refractivity contribution is -0.156. The number of fused-ring (bicyclic) bond motifs is 1. The summed E-state index contributed by atoms with van der Waals surface area (Å²) in [5.41, 5.74) is 3.71. The van der Waals surface area contributed by atoms with Crippen LogP contribution in [0.15, 0.2) is 30.5 Å². The van der Waals surface area contributed by atoms with Gasteiger partial charge in [-0.15, -0.1) is 0 Å². The monoisotopic (exact) mass is 540 g/mol. The summed E-state index contributed by atoms with van der Waals surface area (Å²) in [6, 6.07) is 6.97. The number of esters is 1. The number of amides is 2. The molecule has 0 saturated carbocycles. The normalized spacial score (nSPS) is 14.6. The summed E-state index contributed by atoms with van der Waals surface area (Å²) in [6.45, 7) is 8.12. The minimum atomic E-state index is -0.641. The Morgan fingerprint density at radius 3 is 2.54 bits per heavy atom. The van der Waals surface area contributed by atoms with Gasteiger partial charge in [0.15, 0.2) is 0 Å². The van der Waals surface area contributed by atoms with Crippen molar-refractivity contribution in [2.45, 2.75) is 90.4 Å². The molecule has 0 aromatic carbocycles. The molecule has 0 fully saturated rings. The van der Waals surface area contributed by atoms with Gasteiger partial charge in [-0.3, -0.25) is 9.78 Å². The maximum absolute atomic E-state index is 13.5. The minimum absolute atomic E-state index is 0.0197. The van der Waals surface area contributed by atoms with Crippen LogP contribution < -0.4 is 10.1 Å². The first-order chi connectivity index (χ1) is 18.6. The van der Waals surface area contributed by atoms with E-state index in [0.717, 1.165) is 31.4 Å². The summed E-state index contributed by atoms with van der Waals surface area (Å²) in [5.74, 6) is 0.0523. The fourth-order valence-electron chi connectivity index (χ4n) is 4.69. The van der Waals surface area contributed by atoms with Crippen LogP contribution in [0.3, 0.4) is 0 Å². The Morgan fingerprint density at radius 2 is 1.87 bits per heavy atom. The predicted molar refractivity (Wildman–Crippen MR) is 150 cm³/mol. The average Bonchev–Trinajstić information content (AvgIpc) is 2.91. The number of carbonyl (C=O) groups excluding carboxylic acids is 2. The fourth-order valence-corrected chi connectivity index (χ4v) is 4.69. The minimum Gasteiger partial charge on any atom is -0.481 e. The van der Waals surface area contributed by atoms with Crippen molar-refractivity contribution in [1.82, 2.24) is 20.2 Å². The van der Waals surface area contributed by atoms with E-state index in [-0.39, 0.29) is 25.1 Å². The molecule has 0 aliphatic heterocycles. The van der Waals surface area contributed by atoms with Crippen molar-refractivity contribution in [2.24, 2.45) is 0 Å². The highest BCUT2D eigenvalue weighted by molar-refractivity contribution is 5.77. The van der Waals surface area contributed by atoms with Crippen LogP contribution in [0.1, 0.15) is 81.9 Å². The largest absolute Gasteiger partial charge is 0.481 e. The lowest BCUT2D eigenvalue weighted by Gasteiger charge is -2.34. The molecule has 39 heavy (non-hydrogen) atoms. The van der Waals surface area contributed by atoms with Crippen LogP contribution >= 0.6 is 0 Å². The molecule has 0 bridgehead atoms. The number of carbonyl (C=O) groups is 2. The van der Waals surface area contributed by atoms with E-state index >= 15 is 0 Å². The van der Waals surface area contributed by atoms with Gasteiger partial charge >= 0.3 is 12.0 Å². The van der Waals surface area contributed by atoms with Gasteiger partial charge in [-0.25, -0.2) is 9.78 Å². The second-order valence-corrected chi connectivity index (χ2v) is 11.1. The molecule has 9 nitrogen and oxygen atoms in total. The first-order valence-corrected chi connectivity index (χ1v) is 13.9. The lowest BCUT2D eigenvalue weighted by atomic mass is 9.95. The number of aromatic nitrogens is 2. The highest BCUT2D eigenvalue weighted by Gasteiger charge is 2.31. The Kier molecular flexibility index (Phi) is 11.1. The predicted octanol–water partition coefficient (Wildman–Crippen LogP) is 4.82. The molecule has 214 valence electrons. The van der Waals surface area contributed by atoms with Gasteiger partial charge in [0, 0.05) is 43.9 Å². The van der Waals surface area contributed by atoms with Crippen molar-refractivity contribution >= 4 is 12.0 Å². The van der Waals surface area contributed by atoms with Gasteiger partial charge < -0.3 is 24.4 Å². The van der Waals surface area contributed by atoms with E-state index < -0.39 is 17.6 Å². The van der Waals surface area contributed by atoms with E-state index in [1.54, 1.807) is 31.4 Å². The number of hydrogen-bond acceptors (Lipinski definition) is 7. The molecule has 1 N–H and O–H groups in total. The Morgan fingerprint density at radius 1 is 1.10 bits per heavy atom. The Bertz CT molecular complexity index is 1080. The summed E-state index contributed by atoms with van der Waals surface area (Å²) in [4.78, 5) is 37.3. The number of pyridine rings is 2. The van der Waals surface area contributed by atoms with Crippen molar-refractivity contribution in [3.05, 3.63) is 53.0 Å². The first-order valence-electron chi connectivity index (χ1n) is 13.9. The second-order valence-electron chi connectivity index (χ2n) is 11.1. The molecular weight excluding hydrogens is 496 g/mol. The summed E-state index contributed by atoms with van der Waals surface area (Å²) in [7, 11) is 3.14. The Balaban J connectivity index is 1.72. The summed E-state index contributed by atoms with van der Waals surface area (Å²) >= 11 is 0. The average molecular weight is 541 g/mol. The number of nitrogens with one attached hydrogen (secondary N) is 1. The van der Waals surface area contributed by atoms with E-state index in [0.29, 0.717) is 18.0 Å². The van der Waals surface area contributed by atoms with E-state index in [1.807, 2.05) is 33.8 Å². The van der Waals surface area contributed by atoms with Crippen LogP contribution in [0.4, 0.5) is 4.79 Å². The van der Waals surface area contributed by atoms with Gasteiger partial charge in [0.1, 0.15) is 5.60 Å². The zero-order valence-corrected chi connectivity index (χ0v) is 24.3. The van der Waals surface area contributed by atoms with Gasteiger partial charge in [0.25, 0.3) is 0 Å². The number of hydrogen-bond donors (Lipinski definition) is 1. The van der Waals surface area contributed by atoms with Crippen LogP contribution in [-0.4, -0.2) is 65.9 Å². The number of urea groups is 1. The molecule has 2 heterocycles. The van der Waals surface area contributed by atoms with Crippen LogP contribution in [0.25, 0.3) is 0 Å². The molecule has 1 aliphatic carbocycles. The third-order valence-electron chi connectivity index (χ3n) is 6.75. The molecular formula is C30H44N4O5. The quantitative estimate of drug-likeness (QED) is 0.304. The topological polar surface area (TPSA) is 103 Å². The van der Waals surface area contributed by atoms with Gasteiger partial charge in [0.05, 0.1) is 25.7 Å². The van der Waals surface area contributed by atoms with E-state index in [1.165, 1.54) is 24.1 Å². The van der Waals surface area contributed by atoms with Crippen molar-refractivity contribution in [3.8, 4) is 5.88 Å². The zero-order valence-electron chi connectivity index (χ0n) is 24.3. The van der Waals surface area contributed by atoms with Gasteiger partial charge in [-0.05, 0) is 83.4 Å². The van der Waals surface area contributed by atoms with Crippen LogP contribution in [0, 0.1) is 0 Å². The molecule has 2 unspecified atom stereocenters.